The molecule has 7 heteroatoms. The lowest BCUT2D eigenvalue weighted by molar-refractivity contribution is -0.118. The molecule has 0 aliphatic rings. The number of nitrogens with zero attached hydrogens (tertiary/aromatic N) is 3. The van der Waals surface area contributed by atoms with E-state index in [1.807, 2.05) is 54.8 Å². The maximum Gasteiger partial charge on any atom is 0.236 e. The van der Waals surface area contributed by atoms with E-state index in [0.29, 0.717) is 28.9 Å². The molecule has 0 spiro atoms. The van der Waals surface area contributed by atoms with E-state index in [2.05, 4.69) is 9.97 Å². The molecule has 1 aromatic carbocycles. The van der Waals surface area contributed by atoms with E-state index in [1.54, 1.807) is 34.6 Å². The Balaban J connectivity index is 1.60. The van der Waals surface area contributed by atoms with E-state index in [-0.39, 0.29) is 12.3 Å². The molecule has 3 aromatic heterocycles. The SMILES string of the molecule is Cc1oc(-c2cccs2)nc1CC(=O)N(Cc1ccccn1)c1ccc(Cl)cc1. The van der Waals surface area contributed by atoms with Gasteiger partial charge in [-0.15, -0.1) is 11.3 Å². The second-order valence-corrected chi connectivity index (χ2v) is 7.84. The Morgan fingerprint density at radius 2 is 1.97 bits per heavy atom. The van der Waals surface area contributed by atoms with Crippen LogP contribution in [0.3, 0.4) is 0 Å². The quantitative estimate of drug-likeness (QED) is 0.408. The molecule has 4 rings (SSSR count). The maximum atomic E-state index is 13.2. The van der Waals surface area contributed by atoms with E-state index in [1.165, 1.54) is 0 Å². The predicted octanol–water partition coefficient (Wildman–Crippen LogP) is 5.54. The number of thiophene rings is 1. The Hall–Kier alpha value is -2.96. The third kappa shape index (κ3) is 4.55. The van der Waals surface area contributed by atoms with Crippen molar-refractivity contribution in [2.75, 3.05) is 4.90 Å². The maximum absolute atomic E-state index is 13.2. The molecule has 4 aromatic rings. The first-order chi connectivity index (χ1) is 14.1. The van der Waals surface area contributed by atoms with Crippen LogP contribution in [0.5, 0.6) is 0 Å². The number of benzene rings is 1. The Kier molecular flexibility index (Phi) is 5.74. The summed E-state index contributed by atoms with van der Waals surface area (Å²) >= 11 is 7.57. The van der Waals surface area contributed by atoms with E-state index < -0.39 is 0 Å². The molecule has 0 saturated carbocycles. The topological polar surface area (TPSA) is 59.2 Å². The summed E-state index contributed by atoms with van der Waals surface area (Å²) in [5.74, 6) is 1.10. The van der Waals surface area contributed by atoms with Gasteiger partial charge in [0.15, 0.2) is 0 Å². The largest absolute Gasteiger partial charge is 0.440 e. The number of carbonyl (C=O) groups is 1. The van der Waals surface area contributed by atoms with E-state index in [9.17, 15) is 4.79 Å². The first kappa shape index (κ1) is 19.4. The lowest BCUT2D eigenvalue weighted by atomic mass is 10.2. The standard InChI is InChI=1S/C22H18ClN3O2S/c1-15-19(25-22(28-15)20-6-4-12-29-20)13-21(27)26(14-17-5-2-3-11-24-17)18-9-7-16(23)8-10-18/h2-12H,13-14H2,1H3. The zero-order valence-electron chi connectivity index (χ0n) is 15.7. The third-order valence-electron chi connectivity index (χ3n) is 4.43. The summed E-state index contributed by atoms with van der Waals surface area (Å²) in [6.07, 6.45) is 1.85. The summed E-state index contributed by atoms with van der Waals surface area (Å²) in [4.78, 5) is 24.8. The van der Waals surface area contributed by atoms with Gasteiger partial charge in [-0.3, -0.25) is 9.78 Å². The Labute approximate surface area is 177 Å². The van der Waals surface area contributed by atoms with Crippen LogP contribution in [0.4, 0.5) is 5.69 Å². The molecule has 0 unspecified atom stereocenters. The lowest BCUT2D eigenvalue weighted by Gasteiger charge is -2.22. The molecule has 0 aliphatic heterocycles. The number of anilines is 1. The molecule has 0 atom stereocenters. The molecule has 1 amide bonds. The van der Waals surface area contributed by atoms with Gasteiger partial charge in [-0.05, 0) is 54.8 Å². The van der Waals surface area contributed by atoms with Crippen LogP contribution in [0.25, 0.3) is 10.8 Å². The normalized spacial score (nSPS) is 10.8. The van der Waals surface area contributed by atoms with E-state index in [0.717, 1.165) is 16.3 Å². The van der Waals surface area contributed by atoms with Crippen molar-refractivity contribution in [2.24, 2.45) is 0 Å². The molecule has 0 N–H and O–H groups in total. The summed E-state index contributed by atoms with van der Waals surface area (Å²) in [5.41, 5.74) is 2.19. The minimum absolute atomic E-state index is 0.0906. The molecule has 3 heterocycles. The molecular formula is C22H18ClN3O2S. The Morgan fingerprint density at radius 3 is 2.66 bits per heavy atom. The smallest absolute Gasteiger partial charge is 0.236 e. The number of hydrogen-bond acceptors (Lipinski definition) is 5. The third-order valence-corrected chi connectivity index (χ3v) is 5.54. The highest BCUT2D eigenvalue weighted by Crippen LogP contribution is 2.27. The average molecular weight is 424 g/mol. The fourth-order valence-corrected chi connectivity index (χ4v) is 3.71. The highest BCUT2D eigenvalue weighted by Gasteiger charge is 2.21. The van der Waals surface area contributed by atoms with Crippen molar-refractivity contribution < 1.29 is 9.21 Å². The van der Waals surface area contributed by atoms with Crippen LogP contribution in [0.15, 0.2) is 70.6 Å². The van der Waals surface area contributed by atoms with Crippen LogP contribution in [0, 0.1) is 6.92 Å². The number of pyridine rings is 1. The number of hydrogen-bond donors (Lipinski definition) is 0. The molecule has 0 aliphatic carbocycles. The fraction of sp³-hybridized carbons (Fsp3) is 0.136. The number of aryl methyl sites for hydroxylation is 1. The van der Waals surface area contributed by atoms with Gasteiger partial charge in [-0.1, -0.05) is 23.7 Å². The van der Waals surface area contributed by atoms with Crippen molar-refractivity contribution in [3.63, 3.8) is 0 Å². The van der Waals surface area contributed by atoms with Gasteiger partial charge in [0.25, 0.3) is 0 Å². The monoisotopic (exact) mass is 423 g/mol. The summed E-state index contributed by atoms with van der Waals surface area (Å²) in [5, 5.41) is 2.58. The van der Waals surface area contributed by atoms with Crippen molar-refractivity contribution in [3.8, 4) is 10.8 Å². The van der Waals surface area contributed by atoms with Gasteiger partial charge < -0.3 is 9.32 Å². The van der Waals surface area contributed by atoms with Gasteiger partial charge >= 0.3 is 0 Å². The van der Waals surface area contributed by atoms with Crippen molar-refractivity contribution in [3.05, 3.63) is 88.3 Å². The molecule has 146 valence electrons. The van der Waals surface area contributed by atoms with E-state index >= 15 is 0 Å². The summed E-state index contributed by atoms with van der Waals surface area (Å²) in [6.45, 7) is 2.19. The number of halogens is 1. The summed E-state index contributed by atoms with van der Waals surface area (Å²) in [6, 6.07) is 16.7. The Bertz CT molecular complexity index is 1090. The molecule has 0 saturated heterocycles. The number of oxazole rings is 1. The molecule has 29 heavy (non-hydrogen) atoms. The average Bonchev–Trinajstić information content (AvgIpc) is 3.38. The number of carbonyl (C=O) groups excluding carboxylic acids is 1. The van der Waals surface area contributed by atoms with Crippen LogP contribution in [0.2, 0.25) is 5.02 Å². The van der Waals surface area contributed by atoms with Gasteiger partial charge in [-0.2, -0.15) is 0 Å². The zero-order valence-corrected chi connectivity index (χ0v) is 17.3. The first-order valence-electron chi connectivity index (χ1n) is 9.06. The van der Waals surface area contributed by atoms with Gasteiger partial charge in [0.05, 0.1) is 29.2 Å². The van der Waals surface area contributed by atoms with Crippen LogP contribution >= 0.6 is 22.9 Å². The number of aromatic nitrogens is 2. The number of rotatable bonds is 6. The van der Waals surface area contributed by atoms with Gasteiger partial charge in [0.1, 0.15) is 5.76 Å². The first-order valence-corrected chi connectivity index (χ1v) is 10.3. The van der Waals surface area contributed by atoms with Crippen molar-refractivity contribution in [1.29, 1.82) is 0 Å². The zero-order chi connectivity index (χ0) is 20.2. The highest BCUT2D eigenvalue weighted by molar-refractivity contribution is 7.13. The van der Waals surface area contributed by atoms with Crippen molar-refractivity contribution in [1.82, 2.24) is 9.97 Å². The lowest BCUT2D eigenvalue weighted by Crippen LogP contribution is -2.32. The Morgan fingerprint density at radius 1 is 1.14 bits per heavy atom. The summed E-state index contributed by atoms with van der Waals surface area (Å²) in [7, 11) is 0. The van der Waals surface area contributed by atoms with Crippen LogP contribution in [0.1, 0.15) is 17.1 Å². The second-order valence-electron chi connectivity index (χ2n) is 6.45. The molecule has 5 nitrogen and oxygen atoms in total. The second kappa shape index (κ2) is 8.59. The van der Waals surface area contributed by atoms with Gasteiger partial charge in [-0.25, -0.2) is 4.98 Å². The number of amides is 1. The molecule has 0 fully saturated rings. The van der Waals surface area contributed by atoms with Crippen LogP contribution < -0.4 is 4.90 Å². The minimum Gasteiger partial charge on any atom is -0.440 e. The predicted molar refractivity (Wildman–Crippen MR) is 115 cm³/mol. The fourth-order valence-electron chi connectivity index (χ4n) is 2.93. The van der Waals surface area contributed by atoms with E-state index in [4.69, 9.17) is 16.0 Å². The van der Waals surface area contributed by atoms with Crippen molar-refractivity contribution >= 4 is 34.5 Å². The molecule has 0 bridgehead atoms. The highest BCUT2D eigenvalue weighted by atomic mass is 35.5. The van der Waals surface area contributed by atoms with Crippen LogP contribution in [-0.2, 0) is 17.8 Å². The summed E-state index contributed by atoms with van der Waals surface area (Å²) < 4.78 is 5.78. The van der Waals surface area contributed by atoms with Gasteiger partial charge in [0, 0.05) is 16.9 Å². The molecular weight excluding hydrogens is 406 g/mol. The molecule has 0 radical (unpaired) electrons. The van der Waals surface area contributed by atoms with Crippen LogP contribution in [-0.4, -0.2) is 15.9 Å². The minimum atomic E-state index is -0.0906. The van der Waals surface area contributed by atoms with Crippen molar-refractivity contribution in [2.45, 2.75) is 19.9 Å². The van der Waals surface area contributed by atoms with Gasteiger partial charge in [0.2, 0.25) is 11.8 Å².